The Labute approximate surface area is 140 Å². The Morgan fingerprint density at radius 3 is 3.09 bits per heavy atom. The lowest BCUT2D eigenvalue weighted by molar-refractivity contribution is -0.113. The summed E-state index contributed by atoms with van der Waals surface area (Å²) in [4.78, 5) is 23.9. The Hall–Kier alpha value is -1.94. The number of nitrogens with one attached hydrogen (secondary N) is 1. The highest BCUT2D eigenvalue weighted by Gasteiger charge is 2.28. The predicted octanol–water partition coefficient (Wildman–Crippen LogP) is 1.98. The molecule has 2 aromatic heterocycles. The lowest BCUT2D eigenvalue weighted by atomic mass is 10.3. The molecule has 0 aliphatic heterocycles. The normalized spacial score (nSPS) is 13.8. The number of tetrazole rings is 1. The van der Waals surface area contributed by atoms with Crippen molar-refractivity contribution in [3.05, 3.63) is 17.0 Å². The first-order chi connectivity index (χ1) is 11.2. The van der Waals surface area contributed by atoms with Crippen molar-refractivity contribution in [2.45, 2.75) is 31.0 Å². The van der Waals surface area contributed by atoms with Gasteiger partial charge >= 0.3 is 5.97 Å². The van der Waals surface area contributed by atoms with Crippen LogP contribution >= 0.6 is 23.1 Å². The summed E-state index contributed by atoms with van der Waals surface area (Å²) in [7, 11) is 0. The fourth-order valence-corrected chi connectivity index (χ4v) is 3.43. The van der Waals surface area contributed by atoms with Gasteiger partial charge in [0.25, 0.3) is 0 Å². The van der Waals surface area contributed by atoms with E-state index in [0.29, 0.717) is 28.4 Å². The minimum absolute atomic E-state index is 0.174. The monoisotopic (exact) mass is 353 g/mol. The van der Waals surface area contributed by atoms with E-state index in [9.17, 15) is 9.59 Å². The van der Waals surface area contributed by atoms with Crippen LogP contribution in [0.15, 0.2) is 16.6 Å². The second-order valence-electron chi connectivity index (χ2n) is 4.86. The van der Waals surface area contributed by atoms with Gasteiger partial charge in [0, 0.05) is 0 Å². The van der Waals surface area contributed by atoms with Gasteiger partial charge in [-0.2, -0.15) is 0 Å². The lowest BCUT2D eigenvalue weighted by Gasteiger charge is -2.06. The molecule has 1 saturated carbocycles. The third kappa shape index (κ3) is 3.88. The maximum atomic E-state index is 12.1. The van der Waals surface area contributed by atoms with Crippen molar-refractivity contribution < 1.29 is 14.3 Å². The van der Waals surface area contributed by atoms with Crippen molar-refractivity contribution >= 4 is 40.0 Å². The minimum atomic E-state index is -0.436. The summed E-state index contributed by atoms with van der Waals surface area (Å²) in [5.41, 5.74) is 0.373. The zero-order chi connectivity index (χ0) is 16.2. The zero-order valence-electron chi connectivity index (χ0n) is 12.4. The number of amides is 1. The number of nitrogens with zero attached hydrogens (tertiary/aromatic N) is 4. The quantitative estimate of drug-likeness (QED) is 0.600. The van der Waals surface area contributed by atoms with Gasteiger partial charge in [-0.15, -0.1) is 16.4 Å². The smallest absolute Gasteiger partial charge is 0.341 e. The molecule has 1 fully saturated rings. The van der Waals surface area contributed by atoms with Crippen molar-refractivity contribution in [1.82, 2.24) is 20.2 Å². The van der Waals surface area contributed by atoms with E-state index in [1.165, 1.54) is 23.1 Å². The molecule has 0 radical (unpaired) electrons. The molecule has 3 rings (SSSR count). The van der Waals surface area contributed by atoms with E-state index in [0.717, 1.165) is 12.8 Å². The van der Waals surface area contributed by atoms with E-state index in [2.05, 4.69) is 20.8 Å². The average Bonchev–Trinajstić information content (AvgIpc) is 3.09. The number of rotatable bonds is 7. The highest BCUT2D eigenvalue weighted by atomic mass is 32.2. The summed E-state index contributed by atoms with van der Waals surface area (Å²) in [5.74, 6) is -0.476. The molecule has 1 aliphatic carbocycles. The van der Waals surface area contributed by atoms with Gasteiger partial charge in [-0.1, -0.05) is 11.8 Å². The van der Waals surface area contributed by atoms with Gasteiger partial charge in [0.1, 0.15) is 5.00 Å². The zero-order valence-corrected chi connectivity index (χ0v) is 14.0. The average molecular weight is 353 g/mol. The first-order valence-electron chi connectivity index (χ1n) is 7.14. The van der Waals surface area contributed by atoms with Gasteiger partial charge in [0.2, 0.25) is 11.1 Å². The molecule has 2 heterocycles. The number of hydrogen-bond donors (Lipinski definition) is 1. The van der Waals surface area contributed by atoms with Crippen molar-refractivity contribution in [2.24, 2.45) is 0 Å². The number of esters is 1. The summed E-state index contributed by atoms with van der Waals surface area (Å²) in [6.07, 6.45) is 2.14. The molecule has 23 heavy (non-hydrogen) atoms. The largest absolute Gasteiger partial charge is 0.462 e. The summed E-state index contributed by atoms with van der Waals surface area (Å²) in [5, 5.41) is 17.1. The number of anilines is 1. The summed E-state index contributed by atoms with van der Waals surface area (Å²) >= 11 is 2.57. The molecule has 10 heteroatoms. The molecule has 0 bridgehead atoms. The standard InChI is InChI=1S/C13H15N5O3S2/c1-2-21-12(20)9-5-6-22-11(9)14-10(19)7-23-13-15-16-17-18(13)8-3-4-8/h5-6,8H,2-4,7H2,1H3,(H,14,19). The Morgan fingerprint density at radius 2 is 2.35 bits per heavy atom. The molecule has 122 valence electrons. The summed E-state index contributed by atoms with van der Waals surface area (Å²) in [6.45, 7) is 2.03. The van der Waals surface area contributed by atoms with E-state index < -0.39 is 5.97 Å². The molecule has 0 unspecified atom stereocenters. The third-order valence-electron chi connectivity index (χ3n) is 3.10. The minimum Gasteiger partial charge on any atom is -0.462 e. The molecule has 1 N–H and O–H groups in total. The van der Waals surface area contributed by atoms with Gasteiger partial charge in [-0.05, 0) is 41.6 Å². The van der Waals surface area contributed by atoms with Crippen LogP contribution in [-0.4, -0.2) is 44.4 Å². The van der Waals surface area contributed by atoms with Crippen LogP contribution in [0.25, 0.3) is 0 Å². The van der Waals surface area contributed by atoms with E-state index in [1.54, 1.807) is 23.1 Å². The third-order valence-corrected chi connectivity index (χ3v) is 4.86. The van der Waals surface area contributed by atoms with Gasteiger partial charge in [-0.3, -0.25) is 4.79 Å². The SMILES string of the molecule is CCOC(=O)c1ccsc1NC(=O)CSc1nnnn1C1CC1. The lowest BCUT2D eigenvalue weighted by Crippen LogP contribution is -2.16. The van der Waals surface area contributed by atoms with Gasteiger partial charge < -0.3 is 10.1 Å². The van der Waals surface area contributed by atoms with Crippen molar-refractivity contribution in [3.63, 3.8) is 0 Å². The molecule has 1 amide bonds. The van der Waals surface area contributed by atoms with Gasteiger partial charge in [0.05, 0.1) is 24.0 Å². The number of ether oxygens (including phenoxy) is 1. The highest BCUT2D eigenvalue weighted by Crippen LogP contribution is 2.36. The van der Waals surface area contributed by atoms with E-state index >= 15 is 0 Å². The molecular weight excluding hydrogens is 338 g/mol. The van der Waals surface area contributed by atoms with Gasteiger partial charge in [0.15, 0.2) is 0 Å². The second kappa shape index (κ2) is 7.09. The van der Waals surface area contributed by atoms with Crippen LogP contribution in [0.4, 0.5) is 5.00 Å². The first kappa shape index (κ1) is 15.9. The molecule has 0 saturated heterocycles. The van der Waals surface area contributed by atoms with Crippen LogP contribution in [-0.2, 0) is 9.53 Å². The van der Waals surface area contributed by atoms with Crippen molar-refractivity contribution in [2.75, 3.05) is 17.7 Å². The second-order valence-corrected chi connectivity index (χ2v) is 6.72. The van der Waals surface area contributed by atoms with Crippen LogP contribution in [0, 0.1) is 0 Å². The number of thiophene rings is 1. The van der Waals surface area contributed by atoms with Gasteiger partial charge in [-0.25, -0.2) is 9.48 Å². The maximum absolute atomic E-state index is 12.1. The first-order valence-corrected chi connectivity index (χ1v) is 9.00. The number of hydrogen-bond acceptors (Lipinski definition) is 8. The predicted molar refractivity (Wildman–Crippen MR) is 85.7 cm³/mol. The van der Waals surface area contributed by atoms with Crippen molar-refractivity contribution in [1.29, 1.82) is 0 Å². The highest BCUT2D eigenvalue weighted by molar-refractivity contribution is 7.99. The molecule has 0 aromatic carbocycles. The fourth-order valence-electron chi connectivity index (χ4n) is 1.90. The van der Waals surface area contributed by atoms with Crippen molar-refractivity contribution in [3.8, 4) is 0 Å². The van der Waals surface area contributed by atoms with Crippen LogP contribution in [0.2, 0.25) is 0 Å². The Bertz CT molecular complexity index is 710. The number of carbonyl (C=O) groups excluding carboxylic acids is 2. The number of thioether (sulfide) groups is 1. The van der Waals surface area contributed by atoms with Crippen LogP contribution in [0.3, 0.4) is 0 Å². The number of aromatic nitrogens is 4. The Kier molecular flexibility index (Phi) is 4.91. The topological polar surface area (TPSA) is 99.0 Å². The van der Waals surface area contributed by atoms with Crippen LogP contribution in [0.5, 0.6) is 0 Å². The maximum Gasteiger partial charge on any atom is 0.341 e. The van der Waals surface area contributed by atoms with E-state index in [4.69, 9.17) is 4.74 Å². The number of carbonyl (C=O) groups is 2. The van der Waals surface area contributed by atoms with Crippen LogP contribution in [0.1, 0.15) is 36.2 Å². The molecule has 0 spiro atoms. The van der Waals surface area contributed by atoms with E-state index in [-0.39, 0.29) is 11.7 Å². The van der Waals surface area contributed by atoms with E-state index in [1.807, 2.05) is 0 Å². The molecule has 2 aromatic rings. The summed E-state index contributed by atoms with van der Waals surface area (Å²) < 4.78 is 6.71. The fraction of sp³-hybridized carbons (Fsp3) is 0.462. The Morgan fingerprint density at radius 1 is 1.52 bits per heavy atom. The molecular formula is C13H15N5O3S2. The summed E-state index contributed by atoms with van der Waals surface area (Å²) in [6, 6.07) is 2.00. The van der Waals surface area contributed by atoms with Crippen LogP contribution < -0.4 is 5.32 Å². The Balaban J connectivity index is 1.56. The molecule has 1 aliphatic rings. The molecule has 0 atom stereocenters. The molecule has 8 nitrogen and oxygen atoms in total.